The first-order chi connectivity index (χ1) is 9.60. The Morgan fingerprint density at radius 2 is 1.80 bits per heavy atom. The normalized spacial score (nSPS) is 12.4. The van der Waals surface area contributed by atoms with Crippen LogP contribution in [-0.4, -0.2) is 12.2 Å². The minimum Gasteiger partial charge on any atom is -0.388 e. The number of methoxy groups -OCH3 is 1. The van der Waals surface area contributed by atoms with Crippen molar-refractivity contribution in [2.24, 2.45) is 0 Å². The van der Waals surface area contributed by atoms with Crippen molar-refractivity contribution in [1.82, 2.24) is 0 Å². The Balaban J connectivity index is 2.09. The van der Waals surface area contributed by atoms with E-state index in [2.05, 4.69) is 0 Å². The van der Waals surface area contributed by atoms with Gasteiger partial charge in [0.1, 0.15) is 11.6 Å². The lowest BCUT2D eigenvalue weighted by molar-refractivity contribution is 0.176. The standard InChI is InChI=1S/C16H16F2O2/c1-20-10-11-2-4-12(5-3-11)16(19)8-13-6-7-14(17)9-15(13)18/h2-7,9,16,19H,8,10H2,1H3. The van der Waals surface area contributed by atoms with Crippen molar-refractivity contribution in [2.45, 2.75) is 19.1 Å². The molecule has 0 fully saturated rings. The van der Waals surface area contributed by atoms with Gasteiger partial charge in [-0.2, -0.15) is 0 Å². The molecule has 0 heterocycles. The second kappa shape index (κ2) is 6.59. The molecule has 0 aliphatic rings. The maximum atomic E-state index is 13.5. The molecule has 1 N–H and O–H groups in total. The van der Waals surface area contributed by atoms with Crippen LogP contribution in [0.2, 0.25) is 0 Å². The number of rotatable bonds is 5. The van der Waals surface area contributed by atoms with E-state index in [0.29, 0.717) is 17.7 Å². The average Bonchev–Trinajstić information content (AvgIpc) is 2.43. The third-order valence-electron chi connectivity index (χ3n) is 3.10. The van der Waals surface area contributed by atoms with Gasteiger partial charge in [-0.15, -0.1) is 0 Å². The summed E-state index contributed by atoms with van der Waals surface area (Å²) in [5.74, 6) is -1.26. The van der Waals surface area contributed by atoms with Crippen molar-refractivity contribution < 1.29 is 18.6 Å². The highest BCUT2D eigenvalue weighted by atomic mass is 19.1. The van der Waals surface area contributed by atoms with Crippen LogP contribution in [0.4, 0.5) is 8.78 Å². The van der Waals surface area contributed by atoms with Crippen LogP contribution in [0.25, 0.3) is 0 Å². The molecule has 2 aromatic carbocycles. The van der Waals surface area contributed by atoms with Gasteiger partial charge in [0.2, 0.25) is 0 Å². The predicted octanol–water partition coefficient (Wildman–Crippen LogP) is 3.39. The van der Waals surface area contributed by atoms with E-state index < -0.39 is 17.7 Å². The fourth-order valence-corrected chi connectivity index (χ4v) is 2.02. The van der Waals surface area contributed by atoms with Gasteiger partial charge in [0.25, 0.3) is 0 Å². The van der Waals surface area contributed by atoms with E-state index in [0.717, 1.165) is 11.6 Å². The molecule has 106 valence electrons. The van der Waals surface area contributed by atoms with Crippen LogP contribution in [0, 0.1) is 11.6 Å². The Kier molecular flexibility index (Phi) is 4.82. The Morgan fingerprint density at radius 1 is 1.10 bits per heavy atom. The Morgan fingerprint density at radius 3 is 2.40 bits per heavy atom. The summed E-state index contributed by atoms with van der Waals surface area (Å²) in [6, 6.07) is 10.6. The number of ether oxygens (including phenoxy) is 1. The number of hydrogen-bond donors (Lipinski definition) is 1. The maximum absolute atomic E-state index is 13.5. The molecular formula is C16H16F2O2. The third-order valence-corrected chi connectivity index (χ3v) is 3.10. The van der Waals surface area contributed by atoms with Crippen LogP contribution in [0.15, 0.2) is 42.5 Å². The number of benzene rings is 2. The summed E-state index contributed by atoms with van der Waals surface area (Å²) in [5, 5.41) is 10.1. The number of hydrogen-bond acceptors (Lipinski definition) is 2. The highest BCUT2D eigenvalue weighted by Gasteiger charge is 2.12. The molecule has 20 heavy (non-hydrogen) atoms. The van der Waals surface area contributed by atoms with Crippen molar-refractivity contribution in [3.63, 3.8) is 0 Å². The van der Waals surface area contributed by atoms with Crippen LogP contribution in [-0.2, 0) is 17.8 Å². The van der Waals surface area contributed by atoms with Gasteiger partial charge in [-0.25, -0.2) is 8.78 Å². The fraction of sp³-hybridized carbons (Fsp3) is 0.250. The quantitative estimate of drug-likeness (QED) is 0.908. The SMILES string of the molecule is COCc1ccc(C(O)Cc2ccc(F)cc2F)cc1. The van der Waals surface area contributed by atoms with E-state index in [1.165, 1.54) is 12.1 Å². The third kappa shape index (κ3) is 3.62. The monoisotopic (exact) mass is 278 g/mol. The Bertz CT molecular complexity index is 567. The highest BCUT2D eigenvalue weighted by Crippen LogP contribution is 2.21. The number of aliphatic hydroxyl groups is 1. The summed E-state index contributed by atoms with van der Waals surface area (Å²) in [6.07, 6.45) is -0.720. The van der Waals surface area contributed by atoms with Gasteiger partial charge in [0.05, 0.1) is 12.7 Å². The van der Waals surface area contributed by atoms with Gasteiger partial charge in [-0.3, -0.25) is 0 Å². The maximum Gasteiger partial charge on any atom is 0.129 e. The Hall–Kier alpha value is -1.78. The summed E-state index contributed by atoms with van der Waals surface area (Å²) in [6.45, 7) is 0.503. The van der Waals surface area contributed by atoms with E-state index in [-0.39, 0.29) is 6.42 Å². The average molecular weight is 278 g/mol. The summed E-state index contributed by atoms with van der Waals surface area (Å²) in [7, 11) is 1.61. The minimum absolute atomic E-state index is 0.107. The molecule has 2 aromatic rings. The second-order valence-electron chi connectivity index (χ2n) is 4.63. The zero-order valence-corrected chi connectivity index (χ0v) is 11.1. The summed E-state index contributed by atoms with van der Waals surface area (Å²) in [4.78, 5) is 0. The fourth-order valence-electron chi connectivity index (χ4n) is 2.02. The second-order valence-corrected chi connectivity index (χ2v) is 4.63. The molecule has 0 aromatic heterocycles. The molecule has 0 bridgehead atoms. The van der Waals surface area contributed by atoms with Crippen molar-refractivity contribution >= 4 is 0 Å². The van der Waals surface area contributed by atoms with Crippen molar-refractivity contribution in [2.75, 3.05) is 7.11 Å². The van der Waals surface area contributed by atoms with Gasteiger partial charge in [0.15, 0.2) is 0 Å². The predicted molar refractivity (Wildman–Crippen MR) is 72.2 cm³/mol. The van der Waals surface area contributed by atoms with Gasteiger partial charge in [-0.05, 0) is 22.8 Å². The highest BCUT2D eigenvalue weighted by molar-refractivity contribution is 5.26. The van der Waals surface area contributed by atoms with Gasteiger partial charge in [0, 0.05) is 19.6 Å². The van der Waals surface area contributed by atoms with Crippen molar-refractivity contribution in [3.8, 4) is 0 Å². The molecular weight excluding hydrogens is 262 g/mol. The topological polar surface area (TPSA) is 29.5 Å². The molecule has 1 atom stereocenters. The van der Waals surface area contributed by atoms with Crippen molar-refractivity contribution in [3.05, 3.63) is 70.8 Å². The molecule has 2 nitrogen and oxygen atoms in total. The number of aliphatic hydroxyl groups excluding tert-OH is 1. The van der Waals surface area contributed by atoms with Crippen LogP contribution in [0.3, 0.4) is 0 Å². The summed E-state index contributed by atoms with van der Waals surface area (Å²) < 4.78 is 31.3. The molecule has 0 saturated heterocycles. The summed E-state index contributed by atoms with van der Waals surface area (Å²) in [5.41, 5.74) is 1.98. The zero-order chi connectivity index (χ0) is 14.5. The molecule has 0 saturated carbocycles. The lowest BCUT2D eigenvalue weighted by atomic mass is 10.00. The van der Waals surface area contributed by atoms with E-state index in [1.807, 2.05) is 12.1 Å². The first-order valence-electron chi connectivity index (χ1n) is 6.30. The van der Waals surface area contributed by atoms with Gasteiger partial charge >= 0.3 is 0 Å². The molecule has 0 amide bonds. The van der Waals surface area contributed by atoms with Crippen LogP contribution in [0.5, 0.6) is 0 Å². The molecule has 0 aliphatic heterocycles. The van der Waals surface area contributed by atoms with Crippen molar-refractivity contribution in [1.29, 1.82) is 0 Å². The summed E-state index contributed by atoms with van der Waals surface area (Å²) >= 11 is 0. The molecule has 0 radical (unpaired) electrons. The molecule has 4 heteroatoms. The van der Waals surface area contributed by atoms with E-state index in [9.17, 15) is 13.9 Å². The lowest BCUT2D eigenvalue weighted by Crippen LogP contribution is -2.04. The van der Waals surface area contributed by atoms with E-state index in [4.69, 9.17) is 4.74 Å². The van der Waals surface area contributed by atoms with Gasteiger partial charge in [-0.1, -0.05) is 30.3 Å². The van der Waals surface area contributed by atoms with Crippen LogP contribution >= 0.6 is 0 Å². The molecule has 1 unspecified atom stereocenters. The minimum atomic E-state index is -0.827. The molecule has 2 rings (SSSR count). The lowest BCUT2D eigenvalue weighted by Gasteiger charge is -2.12. The first-order valence-corrected chi connectivity index (χ1v) is 6.30. The van der Waals surface area contributed by atoms with Gasteiger partial charge < -0.3 is 9.84 Å². The molecule has 0 aliphatic carbocycles. The van der Waals surface area contributed by atoms with Crippen LogP contribution < -0.4 is 0 Å². The van der Waals surface area contributed by atoms with Crippen LogP contribution in [0.1, 0.15) is 22.8 Å². The largest absolute Gasteiger partial charge is 0.388 e. The zero-order valence-electron chi connectivity index (χ0n) is 11.1. The van der Waals surface area contributed by atoms with E-state index in [1.54, 1.807) is 19.2 Å². The smallest absolute Gasteiger partial charge is 0.129 e. The number of halogens is 2. The van der Waals surface area contributed by atoms with E-state index >= 15 is 0 Å². The Labute approximate surface area is 116 Å². The first kappa shape index (κ1) is 14.6. The molecule has 0 spiro atoms.